The third-order valence-electron chi connectivity index (χ3n) is 7.42. The van der Waals surface area contributed by atoms with E-state index in [9.17, 15) is 14.7 Å². The van der Waals surface area contributed by atoms with E-state index in [2.05, 4.69) is 10.2 Å². The molecule has 0 aromatic heterocycles. The third-order valence-corrected chi connectivity index (χ3v) is 7.67. The van der Waals surface area contributed by atoms with Gasteiger partial charge in [-0.05, 0) is 71.1 Å². The second-order valence-corrected chi connectivity index (χ2v) is 10.7. The Morgan fingerprint density at radius 1 is 1.18 bits per heavy atom. The first kappa shape index (κ1) is 25.9. The van der Waals surface area contributed by atoms with E-state index in [4.69, 9.17) is 20.9 Å². The molecule has 1 aromatic rings. The van der Waals surface area contributed by atoms with Crippen molar-refractivity contribution < 1.29 is 24.0 Å². The second-order valence-electron chi connectivity index (χ2n) is 10.3. The van der Waals surface area contributed by atoms with Crippen LogP contribution in [0.15, 0.2) is 24.3 Å². The van der Waals surface area contributed by atoms with E-state index in [0.29, 0.717) is 37.2 Å². The van der Waals surface area contributed by atoms with Crippen LogP contribution in [0.3, 0.4) is 0 Å². The maximum atomic E-state index is 12.6. The summed E-state index contributed by atoms with van der Waals surface area (Å²) in [7, 11) is -0.304. The maximum absolute atomic E-state index is 12.6. The molecule has 0 unspecified atom stereocenters. The van der Waals surface area contributed by atoms with E-state index < -0.39 is 11.5 Å². The van der Waals surface area contributed by atoms with Crippen molar-refractivity contribution in [1.82, 2.24) is 5.32 Å². The van der Waals surface area contributed by atoms with E-state index in [0.717, 1.165) is 18.7 Å². The number of nitrogens with one attached hydrogen (secondary N) is 1. The Morgan fingerprint density at radius 2 is 1.79 bits per heavy atom. The van der Waals surface area contributed by atoms with Crippen molar-refractivity contribution in [2.75, 3.05) is 18.0 Å². The Kier molecular flexibility index (Phi) is 7.71. The number of carbonyl (C=O) groups is 2. The van der Waals surface area contributed by atoms with Crippen molar-refractivity contribution in [2.45, 2.75) is 83.4 Å². The average Bonchev–Trinajstić information content (AvgIpc) is 3.27. The lowest BCUT2D eigenvalue weighted by atomic mass is 9.76. The van der Waals surface area contributed by atoms with Crippen molar-refractivity contribution in [3.05, 3.63) is 29.3 Å². The Morgan fingerprint density at radius 3 is 2.33 bits per heavy atom. The van der Waals surface area contributed by atoms with E-state index in [1.165, 1.54) is 6.92 Å². The predicted molar refractivity (Wildman–Crippen MR) is 131 cm³/mol. The molecule has 2 saturated heterocycles. The largest absolute Gasteiger partial charge is 0.479 e. The lowest BCUT2D eigenvalue weighted by Gasteiger charge is -2.36. The standard InChI is InChI=1S/C24H36BClN2O5/c1-17(29)27-24(21(30)31,13-6-7-14-25-32-22(2,3)23(4,5)33-25)18-12-15-28(16-18)20-10-8-19(26)9-11-20/h8-11,18H,6-7,12-16H2,1-5H3,(H,27,29)(H,30,31)/t18-,24-/m0/s1. The van der Waals surface area contributed by atoms with Crippen molar-refractivity contribution >= 4 is 36.3 Å². The van der Waals surface area contributed by atoms with E-state index in [1.54, 1.807) is 0 Å². The van der Waals surface area contributed by atoms with Crippen molar-refractivity contribution in [3.8, 4) is 0 Å². The topological polar surface area (TPSA) is 88.1 Å². The summed E-state index contributed by atoms with van der Waals surface area (Å²) >= 11 is 6.01. The van der Waals surface area contributed by atoms with Crippen LogP contribution in [0.25, 0.3) is 0 Å². The van der Waals surface area contributed by atoms with Crippen LogP contribution < -0.4 is 10.2 Å². The minimum Gasteiger partial charge on any atom is -0.479 e. The Hall–Kier alpha value is -1.77. The molecule has 3 rings (SSSR count). The van der Waals surface area contributed by atoms with Gasteiger partial charge in [-0.2, -0.15) is 0 Å². The Balaban J connectivity index is 1.65. The first-order valence-corrected chi connectivity index (χ1v) is 12.1. The molecule has 0 spiro atoms. The zero-order chi connectivity index (χ0) is 24.4. The van der Waals surface area contributed by atoms with Gasteiger partial charge in [0.2, 0.25) is 5.91 Å². The zero-order valence-corrected chi connectivity index (χ0v) is 21.1. The summed E-state index contributed by atoms with van der Waals surface area (Å²) in [5.74, 6) is -1.50. The molecule has 2 atom stereocenters. The molecule has 182 valence electrons. The molecule has 2 N–H and O–H groups in total. The summed E-state index contributed by atoms with van der Waals surface area (Å²) in [5.41, 5.74) is -1.06. The molecule has 1 amide bonds. The van der Waals surface area contributed by atoms with E-state index >= 15 is 0 Å². The van der Waals surface area contributed by atoms with Gasteiger partial charge in [0.05, 0.1) is 11.2 Å². The maximum Gasteiger partial charge on any atom is 0.457 e. The highest BCUT2D eigenvalue weighted by Crippen LogP contribution is 2.39. The molecule has 0 saturated carbocycles. The van der Waals surface area contributed by atoms with Gasteiger partial charge < -0.3 is 24.6 Å². The van der Waals surface area contributed by atoms with Crippen LogP contribution in [-0.4, -0.2) is 53.9 Å². The molecule has 0 aliphatic carbocycles. The van der Waals surface area contributed by atoms with Gasteiger partial charge in [-0.1, -0.05) is 24.4 Å². The van der Waals surface area contributed by atoms with Gasteiger partial charge in [0.1, 0.15) is 5.54 Å². The third kappa shape index (κ3) is 5.66. The molecule has 2 fully saturated rings. The number of benzene rings is 1. The fourth-order valence-electron chi connectivity index (χ4n) is 4.86. The van der Waals surface area contributed by atoms with Gasteiger partial charge in [-0.3, -0.25) is 4.79 Å². The van der Waals surface area contributed by atoms with Crippen LogP contribution in [0.1, 0.15) is 60.3 Å². The van der Waals surface area contributed by atoms with E-state index in [-0.39, 0.29) is 30.1 Å². The smallest absolute Gasteiger partial charge is 0.457 e. The molecule has 33 heavy (non-hydrogen) atoms. The molecule has 7 nitrogen and oxygen atoms in total. The molecule has 2 aliphatic rings. The van der Waals surface area contributed by atoms with Crippen LogP contribution in [0.4, 0.5) is 5.69 Å². The quantitative estimate of drug-likeness (QED) is 0.404. The molecule has 0 bridgehead atoms. The van der Waals surface area contributed by atoms with Crippen LogP contribution >= 0.6 is 11.6 Å². The molecule has 0 radical (unpaired) electrons. The summed E-state index contributed by atoms with van der Waals surface area (Å²) in [5, 5.41) is 13.8. The summed E-state index contributed by atoms with van der Waals surface area (Å²) < 4.78 is 12.1. The van der Waals surface area contributed by atoms with Crippen molar-refractivity contribution in [2.24, 2.45) is 5.92 Å². The second kappa shape index (κ2) is 9.84. The molecular weight excluding hydrogens is 443 g/mol. The fourth-order valence-corrected chi connectivity index (χ4v) is 4.99. The summed E-state index contributed by atoms with van der Waals surface area (Å²) in [6.07, 6.45) is 3.13. The number of carbonyl (C=O) groups excluding carboxylic acids is 1. The van der Waals surface area contributed by atoms with Gasteiger partial charge in [-0.15, -0.1) is 0 Å². The van der Waals surface area contributed by atoms with Crippen LogP contribution in [-0.2, 0) is 18.9 Å². The number of anilines is 1. The monoisotopic (exact) mass is 478 g/mol. The number of amides is 1. The molecule has 2 heterocycles. The number of halogens is 1. The SMILES string of the molecule is CC(=O)N[C@](CCCCB1OC(C)(C)C(C)(C)O1)(C(=O)O)[C@H]1CCN(c2ccc(Cl)cc2)C1. The fraction of sp³-hybridized carbons (Fsp3) is 0.667. The summed E-state index contributed by atoms with van der Waals surface area (Å²) in [4.78, 5) is 26.8. The first-order valence-electron chi connectivity index (χ1n) is 11.7. The lowest BCUT2D eigenvalue weighted by Crippen LogP contribution is -2.59. The lowest BCUT2D eigenvalue weighted by molar-refractivity contribution is -0.150. The van der Waals surface area contributed by atoms with Gasteiger partial charge in [0, 0.05) is 36.6 Å². The highest BCUT2D eigenvalue weighted by molar-refractivity contribution is 6.45. The van der Waals surface area contributed by atoms with Gasteiger partial charge >= 0.3 is 13.1 Å². The molecule has 9 heteroatoms. The van der Waals surface area contributed by atoms with Crippen LogP contribution in [0, 0.1) is 5.92 Å². The molecule has 2 aliphatic heterocycles. The number of rotatable bonds is 9. The molecular formula is C24H36BClN2O5. The number of carboxylic acids is 1. The first-order chi connectivity index (χ1) is 15.4. The van der Waals surface area contributed by atoms with E-state index in [1.807, 2.05) is 52.0 Å². The minimum atomic E-state index is -1.30. The predicted octanol–water partition coefficient (Wildman–Crippen LogP) is 4.39. The Labute approximate surface area is 202 Å². The van der Waals surface area contributed by atoms with Crippen LogP contribution in [0.5, 0.6) is 0 Å². The van der Waals surface area contributed by atoms with Crippen molar-refractivity contribution in [3.63, 3.8) is 0 Å². The van der Waals surface area contributed by atoms with Gasteiger partial charge in [0.15, 0.2) is 0 Å². The normalized spacial score (nSPS) is 23.4. The van der Waals surface area contributed by atoms with Crippen molar-refractivity contribution in [1.29, 1.82) is 0 Å². The number of aliphatic carboxylic acids is 1. The number of hydrogen-bond acceptors (Lipinski definition) is 5. The van der Waals surface area contributed by atoms with Crippen LogP contribution in [0.2, 0.25) is 11.3 Å². The summed E-state index contributed by atoms with van der Waals surface area (Å²) in [6.45, 7) is 10.8. The number of carboxylic acid groups (broad SMARTS) is 1. The van der Waals surface area contributed by atoms with Gasteiger partial charge in [0.25, 0.3) is 0 Å². The highest BCUT2D eigenvalue weighted by atomic mass is 35.5. The number of hydrogen-bond donors (Lipinski definition) is 2. The summed E-state index contributed by atoms with van der Waals surface area (Å²) in [6, 6.07) is 7.54. The van der Waals surface area contributed by atoms with Gasteiger partial charge in [-0.25, -0.2) is 4.79 Å². The minimum absolute atomic E-state index is 0.202. The number of nitrogens with zero attached hydrogens (tertiary/aromatic N) is 1. The average molecular weight is 479 g/mol. The zero-order valence-electron chi connectivity index (χ0n) is 20.3. The number of unbranched alkanes of at least 4 members (excludes halogenated alkanes) is 1. The highest BCUT2D eigenvalue weighted by Gasteiger charge is 2.51. The Bertz CT molecular complexity index is 847. The molecule has 1 aromatic carbocycles.